The molecule has 2 heterocycles. The first kappa shape index (κ1) is 19.8. The number of rotatable bonds is 6. The Bertz CT molecular complexity index is 1020. The van der Waals surface area contributed by atoms with Crippen molar-refractivity contribution in [3.8, 4) is 0 Å². The molecule has 148 valence electrons. The van der Waals surface area contributed by atoms with Crippen LogP contribution in [0.5, 0.6) is 0 Å². The van der Waals surface area contributed by atoms with Gasteiger partial charge in [-0.15, -0.1) is 0 Å². The third-order valence-electron chi connectivity index (χ3n) is 5.11. The number of anilines is 1. The Hall–Kier alpha value is -2.93. The molecule has 0 saturated heterocycles. The zero-order valence-electron chi connectivity index (χ0n) is 16.4. The van der Waals surface area contributed by atoms with E-state index in [1.807, 2.05) is 30.0 Å². The van der Waals surface area contributed by atoms with E-state index in [2.05, 4.69) is 18.2 Å². The molecule has 2 N–H and O–H groups in total. The minimum absolute atomic E-state index is 0.0301. The van der Waals surface area contributed by atoms with Crippen LogP contribution in [-0.4, -0.2) is 39.5 Å². The van der Waals surface area contributed by atoms with Gasteiger partial charge in [0.15, 0.2) is 5.78 Å². The van der Waals surface area contributed by atoms with Crippen LogP contribution >= 0.6 is 0 Å². The molecule has 0 amide bonds. The average molecular weight is 382 g/mol. The molecule has 1 aromatic carbocycles. The van der Waals surface area contributed by atoms with Gasteiger partial charge in [-0.25, -0.2) is 4.79 Å². The van der Waals surface area contributed by atoms with Crippen molar-refractivity contribution in [2.45, 2.75) is 26.3 Å². The van der Waals surface area contributed by atoms with Crippen molar-refractivity contribution in [1.29, 1.82) is 0 Å². The van der Waals surface area contributed by atoms with E-state index < -0.39 is 11.2 Å². The van der Waals surface area contributed by atoms with Gasteiger partial charge in [-0.3, -0.25) is 23.6 Å². The number of nitrogen functional groups attached to an aromatic ring is 1. The molecule has 0 aliphatic carbocycles. The maximum Gasteiger partial charge on any atom is 0.332 e. The van der Waals surface area contributed by atoms with Crippen molar-refractivity contribution in [3.63, 3.8) is 0 Å². The highest BCUT2D eigenvalue weighted by Crippen LogP contribution is 2.22. The topological polar surface area (TPSA) is 90.3 Å². The highest BCUT2D eigenvalue weighted by atomic mass is 16.2. The van der Waals surface area contributed by atoms with Gasteiger partial charge in [-0.05, 0) is 24.0 Å². The second kappa shape index (κ2) is 8.39. The van der Waals surface area contributed by atoms with Gasteiger partial charge in [0, 0.05) is 26.7 Å². The number of hydrogen-bond acceptors (Lipinski definition) is 5. The minimum Gasteiger partial charge on any atom is -0.384 e. The molecule has 0 saturated carbocycles. The van der Waals surface area contributed by atoms with Crippen molar-refractivity contribution in [2.75, 3.05) is 25.4 Å². The van der Waals surface area contributed by atoms with Gasteiger partial charge in [-0.1, -0.05) is 43.3 Å². The number of aromatic nitrogens is 2. The number of nitrogens with two attached hydrogens (primary N) is 1. The summed E-state index contributed by atoms with van der Waals surface area (Å²) in [6, 6.07) is 10.2. The van der Waals surface area contributed by atoms with E-state index in [1.54, 1.807) is 0 Å². The summed E-state index contributed by atoms with van der Waals surface area (Å²) in [5, 5.41) is 0. The van der Waals surface area contributed by atoms with E-state index in [-0.39, 0.29) is 23.7 Å². The van der Waals surface area contributed by atoms with E-state index in [9.17, 15) is 14.4 Å². The fourth-order valence-electron chi connectivity index (χ4n) is 3.54. The van der Waals surface area contributed by atoms with Gasteiger partial charge in [-0.2, -0.15) is 0 Å². The molecule has 7 heteroatoms. The van der Waals surface area contributed by atoms with Crippen LogP contribution < -0.4 is 17.0 Å². The van der Waals surface area contributed by atoms with Crippen LogP contribution in [0.2, 0.25) is 0 Å². The zero-order valence-corrected chi connectivity index (χ0v) is 16.4. The molecular weight excluding hydrogens is 356 g/mol. The molecule has 0 fully saturated rings. The summed E-state index contributed by atoms with van der Waals surface area (Å²) >= 11 is 0. The third kappa shape index (κ3) is 3.84. The first-order valence-electron chi connectivity index (χ1n) is 9.53. The normalized spacial score (nSPS) is 14.7. The van der Waals surface area contributed by atoms with E-state index in [1.165, 1.54) is 22.8 Å². The number of Topliss-reactive ketones (excluding diaryl/α,β-unsaturated/α-hetero) is 1. The zero-order chi connectivity index (χ0) is 20.3. The molecule has 1 aliphatic rings. The number of carbonyl (C=O) groups is 1. The largest absolute Gasteiger partial charge is 0.384 e. The minimum atomic E-state index is -0.627. The van der Waals surface area contributed by atoms with Gasteiger partial charge in [0.1, 0.15) is 11.4 Å². The van der Waals surface area contributed by atoms with Crippen molar-refractivity contribution in [3.05, 3.63) is 68.4 Å². The lowest BCUT2D eigenvalue weighted by atomic mass is 9.99. The van der Waals surface area contributed by atoms with Gasteiger partial charge < -0.3 is 5.73 Å². The summed E-state index contributed by atoms with van der Waals surface area (Å²) < 4.78 is 2.26. The van der Waals surface area contributed by atoms with E-state index in [0.717, 1.165) is 17.5 Å². The summed E-state index contributed by atoms with van der Waals surface area (Å²) in [7, 11) is 1.38. The predicted molar refractivity (Wildman–Crippen MR) is 110 cm³/mol. The Balaban J connectivity index is 1.80. The van der Waals surface area contributed by atoms with Crippen LogP contribution in [0.25, 0.3) is 5.57 Å². The summed E-state index contributed by atoms with van der Waals surface area (Å²) in [6.45, 7) is 3.73. The molecule has 0 atom stereocenters. The lowest BCUT2D eigenvalue weighted by molar-refractivity contribution is 0.0935. The Kier molecular flexibility index (Phi) is 5.94. The maximum atomic E-state index is 12.9. The molecule has 1 aliphatic heterocycles. The quantitative estimate of drug-likeness (QED) is 0.765. The lowest BCUT2D eigenvalue weighted by Gasteiger charge is -2.26. The fourth-order valence-corrected chi connectivity index (χ4v) is 3.54. The molecule has 0 spiro atoms. The number of benzene rings is 1. The first-order valence-corrected chi connectivity index (χ1v) is 9.53. The SMILES string of the molecule is CCCn1c(N)c(C(=O)CN2CC=C(c3ccccc3)CC2)c(=O)n(C)c1=O. The monoisotopic (exact) mass is 382 g/mol. The Morgan fingerprint density at radius 3 is 2.50 bits per heavy atom. The summed E-state index contributed by atoms with van der Waals surface area (Å²) in [5.41, 5.74) is 7.29. The van der Waals surface area contributed by atoms with Gasteiger partial charge in [0.05, 0.1) is 6.54 Å². The molecular formula is C21H26N4O3. The summed E-state index contributed by atoms with van der Waals surface area (Å²) in [5.74, 6) is -0.378. The van der Waals surface area contributed by atoms with Crippen LogP contribution in [0.3, 0.4) is 0 Å². The fraction of sp³-hybridized carbons (Fsp3) is 0.381. The van der Waals surface area contributed by atoms with Crippen LogP contribution in [-0.2, 0) is 13.6 Å². The second-order valence-corrected chi connectivity index (χ2v) is 7.06. The Labute approximate surface area is 163 Å². The number of nitrogens with zero attached hydrogens (tertiary/aromatic N) is 3. The van der Waals surface area contributed by atoms with E-state index in [0.29, 0.717) is 19.5 Å². The highest BCUT2D eigenvalue weighted by molar-refractivity contribution is 6.01. The number of ketones is 1. The van der Waals surface area contributed by atoms with Crippen LogP contribution in [0, 0.1) is 0 Å². The second-order valence-electron chi connectivity index (χ2n) is 7.06. The van der Waals surface area contributed by atoms with Crippen LogP contribution in [0.1, 0.15) is 35.7 Å². The van der Waals surface area contributed by atoms with E-state index in [4.69, 9.17) is 5.73 Å². The predicted octanol–water partition coefficient (Wildman–Crippen LogP) is 1.51. The molecule has 0 unspecified atom stereocenters. The van der Waals surface area contributed by atoms with Crippen molar-refractivity contribution in [2.24, 2.45) is 7.05 Å². The number of hydrogen-bond donors (Lipinski definition) is 1. The molecule has 3 rings (SSSR count). The standard InChI is InChI=1S/C21H26N4O3/c1-3-11-25-19(22)18(20(27)23(2)21(25)28)17(26)14-24-12-9-16(10-13-24)15-7-5-4-6-8-15/h4-9H,3,10-14,22H2,1-2H3. The van der Waals surface area contributed by atoms with Crippen LogP contribution in [0.15, 0.2) is 46.0 Å². The molecule has 1 aromatic heterocycles. The molecule has 0 bridgehead atoms. The Morgan fingerprint density at radius 1 is 1.18 bits per heavy atom. The summed E-state index contributed by atoms with van der Waals surface area (Å²) in [4.78, 5) is 39.6. The Morgan fingerprint density at radius 2 is 1.89 bits per heavy atom. The highest BCUT2D eigenvalue weighted by Gasteiger charge is 2.24. The molecule has 2 aromatic rings. The first-order chi connectivity index (χ1) is 13.4. The maximum absolute atomic E-state index is 12.9. The molecule has 28 heavy (non-hydrogen) atoms. The van der Waals surface area contributed by atoms with Gasteiger partial charge in [0.2, 0.25) is 0 Å². The molecule has 0 radical (unpaired) electrons. The van der Waals surface area contributed by atoms with E-state index >= 15 is 0 Å². The smallest absolute Gasteiger partial charge is 0.332 e. The third-order valence-corrected chi connectivity index (χ3v) is 5.11. The lowest BCUT2D eigenvalue weighted by Crippen LogP contribution is -2.44. The van der Waals surface area contributed by atoms with Crippen molar-refractivity contribution in [1.82, 2.24) is 14.0 Å². The number of carbonyl (C=O) groups excluding carboxylic acids is 1. The summed E-state index contributed by atoms with van der Waals surface area (Å²) in [6.07, 6.45) is 3.63. The average Bonchev–Trinajstić information content (AvgIpc) is 2.71. The van der Waals surface area contributed by atoms with Crippen molar-refractivity contribution < 1.29 is 4.79 Å². The van der Waals surface area contributed by atoms with Gasteiger partial charge in [0.25, 0.3) is 5.56 Å². The van der Waals surface area contributed by atoms with Crippen LogP contribution in [0.4, 0.5) is 5.82 Å². The van der Waals surface area contributed by atoms with Gasteiger partial charge >= 0.3 is 5.69 Å². The van der Waals surface area contributed by atoms with Crippen molar-refractivity contribution >= 4 is 17.2 Å². The molecule has 7 nitrogen and oxygen atoms in total.